The van der Waals surface area contributed by atoms with E-state index in [0.29, 0.717) is 0 Å². The predicted octanol–water partition coefficient (Wildman–Crippen LogP) is 2.54. The molecule has 3 rings (SSSR count). The number of para-hydroxylation sites is 1. The Morgan fingerprint density at radius 1 is 0.944 bits per heavy atom. The molecule has 0 bridgehead atoms. The summed E-state index contributed by atoms with van der Waals surface area (Å²) in [5.41, 5.74) is 9.06. The van der Waals surface area contributed by atoms with Crippen molar-refractivity contribution in [2.24, 2.45) is 0 Å². The predicted molar refractivity (Wildman–Crippen MR) is 72.9 cm³/mol. The lowest BCUT2D eigenvalue weighted by atomic mass is 10.2. The molecule has 1 heterocycles. The average molecular weight is 233 g/mol. The molecular weight excluding hydrogens is 222 g/mol. The number of aromatic nitrogens is 2. The van der Waals surface area contributed by atoms with E-state index in [-0.39, 0.29) is 0 Å². The third kappa shape index (κ3) is 1.92. The second-order valence-electron chi connectivity index (χ2n) is 3.99. The van der Waals surface area contributed by atoms with Gasteiger partial charge in [0.25, 0.3) is 0 Å². The number of H-pyrrole nitrogens is 1. The molecule has 0 atom stereocenters. The summed E-state index contributed by atoms with van der Waals surface area (Å²) in [6.45, 7) is 0. The van der Waals surface area contributed by atoms with Crippen LogP contribution < -0.4 is 5.73 Å². The van der Waals surface area contributed by atoms with Gasteiger partial charge in [0.15, 0.2) is 0 Å². The Morgan fingerprint density at radius 3 is 2.56 bits per heavy atom. The molecular formula is C15H11N3. The van der Waals surface area contributed by atoms with Crippen molar-refractivity contribution in [2.45, 2.75) is 0 Å². The third-order valence-electron chi connectivity index (χ3n) is 2.71. The number of hydrogen-bond acceptors (Lipinski definition) is 2. The number of anilines is 1. The highest BCUT2D eigenvalue weighted by Gasteiger charge is 2.00. The van der Waals surface area contributed by atoms with Gasteiger partial charge in [-0.05, 0) is 42.3 Å². The van der Waals surface area contributed by atoms with Crippen LogP contribution >= 0.6 is 0 Å². The van der Waals surface area contributed by atoms with Crippen molar-refractivity contribution < 1.29 is 0 Å². The van der Waals surface area contributed by atoms with Crippen LogP contribution in [0.2, 0.25) is 0 Å². The molecule has 0 saturated carbocycles. The van der Waals surface area contributed by atoms with Crippen LogP contribution in [0.25, 0.3) is 10.9 Å². The molecule has 3 nitrogen and oxygen atoms in total. The number of fused-ring (bicyclic) bond motifs is 1. The van der Waals surface area contributed by atoms with E-state index >= 15 is 0 Å². The number of rotatable bonds is 0. The van der Waals surface area contributed by atoms with E-state index in [9.17, 15) is 0 Å². The molecule has 86 valence electrons. The summed E-state index contributed by atoms with van der Waals surface area (Å²) in [7, 11) is 0. The zero-order chi connectivity index (χ0) is 12.4. The van der Waals surface area contributed by atoms with Crippen LogP contribution in [-0.4, -0.2) is 10.2 Å². The normalized spacial score (nSPS) is 10.0. The van der Waals surface area contributed by atoms with Crippen LogP contribution in [0.4, 0.5) is 5.69 Å². The van der Waals surface area contributed by atoms with Gasteiger partial charge in [-0.2, -0.15) is 5.10 Å². The summed E-state index contributed by atoms with van der Waals surface area (Å²) in [4.78, 5) is 0. The van der Waals surface area contributed by atoms with Gasteiger partial charge in [0.1, 0.15) is 5.69 Å². The van der Waals surface area contributed by atoms with Gasteiger partial charge in [-0.3, -0.25) is 5.10 Å². The molecule has 0 spiro atoms. The number of nitrogens with one attached hydrogen (secondary N) is 1. The highest BCUT2D eigenvalue weighted by molar-refractivity contribution is 5.83. The molecule has 0 unspecified atom stereocenters. The molecule has 0 saturated heterocycles. The first kappa shape index (κ1) is 10.4. The molecule has 0 aliphatic carbocycles. The zero-order valence-corrected chi connectivity index (χ0v) is 9.64. The maximum atomic E-state index is 5.63. The summed E-state index contributed by atoms with van der Waals surface area (Å²) in [5.74, 6) is 6.15. The fourth-order valence-electron chi connectivity index (χ4n) is 1.76. The lowest BCUT2D eigenvalue weighted by Crippen LogP contribution is -1.83. The SMILES string of the molecule is Nc1ccc(C#Cc2n[nH]c3ccccc23)cc1. The minimum atomic E-state index is 0.741. The largest absolute Gasteiger partial charge is 0.399 e. The highest BCUT2D eigenvalue weighted by atomic mass is 15.1. The van der Waals surface area contributed by atoms with Crippen LogP contribution in [0.1, 0.15) is 11.3 Å². The molecule has 0 radical (unpaired) electrons. The van der Waals surface area contributed by atoms with Crippen LogP contribution in [0.3, 0.4) is 0 Å². The molecule has 18 heavy (non-hydrogen) atoms. The van der Waals surface area contributed by atoms with Crippen molar-refractivity contribution in [3.63, 3.8) is 0 Å². The Bertz CT molecular complexity index is 742. The van der Waals surface area contributed by atoms with Crippen LogP contribution in [-0.2, 0) is 0 Å². The van der Waals surface area contributed by atoms with E-state index in [1.54, 1.807) is 0 Å². The van der Waals surface area contributed by atoms with Gasteiger partial charge in [0.2, 0.25) is 0 Å². The second-order valence-corrected chi connectivity index (χ2v) is 3.99. The summed E-state index contributed by atoms with van der Waals surface area (Å²) in [6, 6.07) is 15.4. The third-order valence-corrected chi connectivity index (χ3v) is 2.71. The monoisotopic (exact) mass is 233 g/mol. The molecule has 2 aromatic carbocycles. The van der Waals surface area contributed by atoms with Gasteiger partial charge in [-0.1, -0.05) is 18.1 Å². The molecule has 1 aromatic heterocycles. The summed E-state index contributed by atoms with van der Waals surface area (Å²) in [6.07, 6.45) is 0. The Kier molecular flexibility index (Phi) is 2.47. The van der Waals surface area contributed by atoms with Crippen molar-refractivity contribution in [1.29, 1.82) is 0 Å². The van der Waals surface area contributed by atoms with E-state index in [1.165, 1.54) is 0 Å². The van der Waals surface area contributed by atoms with Crippen molar-refractivity contribution in [3.05, 3.63) is 59.8 Å². The highest BCUT2D eigenvalue weighted by Crippen LogP contribution is 2.14. The van der Waals surface area contributed by atoms with Crippen LogP contribution in [0, 0.1) is 11.8 Å². The minimum Gasteiger partial charge on any atom is -0.399 e. The lowest BCUT2D eigenvalue weighted by molar-refractivity contribution is 1.10. The standard InChI is InChI=1S/C15H11N3/c16-12-8-5-11(6-9-12)7-10-15-13-3-1-2-4-14(13)17-18-15/h1-6,8-9H,16H2,(H,17,18). The molecule has 0 aliphatic rings. The fourth-order valence-corrected chi connectivity index (χ4v) is 1.76. The fraction of sp³-hybridized carbons (Fsp3) is 0. The van der Waals surface area contributed by atoms with Gasteiger partial charge in [-0.25, -0.2) is 0 Å². The maximum absolute atomic E-state index is 5.63. The van der Waals surface area contributed by atoms with Gasteiger partial charge >= 0.3 is 0 Å². The molecule has 0 amide bonds. The van der Waals surface area contributed by atoms with Crippen molar-refractivity contribution in [1.82, 2.24) is 10.2 Å². The molecule has 3 aromatic rings. The lowest BCUT2D eigenvalue weighted by Gasteiger charge is -1.91. The first-order valence-corrected chi connectivity index (χ1v) is 5.63. The summed E-state index contributed by atoms with van der Waals surface area (Å²) >= 11 is 0. The first-order valence-electron chi connectivity index (χ1n) is 5.63. The van der Waals surface area contributed by atoms with E-state index in [2.05, 4.69) is 22.0 Å². The molecule has 0 fully saturated rings. The second kappa shape index (κ2) is 4.27. The van der Waals surface area contributed by atoms with Gasteiger partial charge < -0.3 is 5.73 Å². The molecule has 3 N–H and O–H groups in total. The number of hydrogen-bond donors (Lipinski definition) is 2. The van der Waals surface area contributed by atoms with Gasteiger partial charge in [0.05, 0.1) is 5.52 Å². The Labute approximate surface area is 105 Å². The van der Waals surface area contributed by atoms with Crippen molar-refractivity contribution in [3.8, 4) is 11.8 Å². The molecule has 3 heteroatoms. The summed E-state index contributed by atoms with van der Waals surface area (Å²) in [5, 5.41) is 8.21. The van der Waals surface area contributed by atoms with E-state index in [0.717, 1.165) is 27.8 Å². The first-order chi connectivity index (χ1) is 8.83. The van der Waals surface area contributed by atoms with Gasteiger partial charge in [-0.15, -0.1) is 0 Å². The quantitative estimate of drug-likeness (QED) is 0.463. The minimum absolute atomic E-state index is 0.741. The zero-order valence-electron chi connectivity index (χ0n) is 9.64. The molecule has 0 aliphatic heterocycles. The Morgan fingerprint density at radius 2 is 1.72 bits per heavy atom. The number of nitrogens with zero attached hydrogens (tertiary/aromatic N) is 1. The smallest absolute Gasteiger partial charge is 0.143 e. The van der Waals surface area contributed by atoms with Crippen molar-refractivity contribution in [2.75, 3.05) is 5.73 Å². The topological polar surface area (TPSA) is 54.7 Å². The Hall–Kier alpha value is -2.73. The van der Waals surface area contributed by atoms with E-state index in [1.807, 2.05) is 48.5 Å². The van der Waals surface area contributed by atoms with E-state index < -0.39 is 0 Å². The van der Waals surface area contributed by atoms with Crippen LogP contribution in [0.5, 0.6) is 0 Å². The van der Waals surface area contributed by atoms with Gasteiger partial charge in [0, 0.05) is 16.6 Å². The number of nitrogens with two attached hydrogens (primary N) is 1. The average Bonchev–Trinajstić information content (AvgIpc) is 2.82. The number of aromatic amines is 1. The van der Waals surface area contributed by atoms with E-state index in [4.69, 9.17) is 5.73 Å². The summed E-state index contributed by atoms with van der Waals surface area (Å²) < 4.78 is 0. The number of benzene rings is 2. The van der Waals surface area contributed by atoms with Crippen LogP contribution in [0.15, 0.2) is 48.5 Å². The Balaban J connectivity index is 2.00. The maximum Gasteiger partial charge on any atom is 0.143 e. The number of nitrogen functional groups attached to an aromatic ring is 1. The van der Waals surface area contributed by atoms with Crippen molar-refractivity contribution >= 4 is 16.6 Å².